The van der Waals surface area contributed by atoms with Crippen LogP contribution in [-0.2, 0) is 0 Å². The second kappa shape index (κ2) is 6.89. The molecule has 0 fully saturated rings. The van der Waals surface area contributed by atoms with E-state index in [2.05, 4.69) is 29.8 Å². The third kappa shape index (κ3) is 4.25. The zero-order chi connectivity index (χ0) is 11.1. The fraction of sp³-hybridized carbons (Fsp3) is 0.538. The van der Waals surface area contributed by atoms with Gasteiger partial charge in [0, 0.05) is 10.0 Å². The van der Waals surface area contributed by atoms with Crippen molar-refractivity contribution in [2.24, 2.45) is 0 Å². The predicted octanol–water partition coefficient (Wildman–Crippen LogP) is 4.72. The Labute approximate surface area is 101 Å². The van der Waals surface area contributed by atoms with Crippen LogP contribution in [0.15, 0.2) is 22.7 Å². The van der Waals surface area contributed by atoms with E-state index < -0.39 is 0 Å². The zero-order valence-electron chi connectivity index (χ0n) is 9.55. The Kier molecular flexibility index (Phi) is 5.77. The molecule has 1 nitrogen and oxygen atoms in total. The normalized spacial score (nSPS) is 10.3. The molecule has 1 aromatic carbocycles. The van der Waals surface area contributed by atoms with Gasteiger partial charge >= 0.3 is 0 Å². The number of halogens is 1. The monoisotopic (exact) mass is 270 g/mol. The first-order valence-electron chi connectivity index (χ1n) is 5.63. The molecule has 1 rings (SSSR count). The van der Waals surface area contributed by atoms with E-state index in [0.29, 0.717) is 0 Å². The molecular weight excluding hydrogens is 252 g/mol. The molecule has 0 N–H and O–H groups in total. The van der Waals surface area contributed by atoms with E-state index in [0.717, 1.165) is 23.2 Å². The molecule has 0 atom stereocenters. The van der Waals surface area contributed by atoms with Crippen LogP contribution in [0.2, 0.25) is 0 Å². The second-order valence-corrected chi connectivity index (χ2v) is 4.63. The van der Waals surface area contributed by atoms with Crippen molar-refractivity contribution in [1.29, 1.82) is 0 Å². The van der Waals surface area contributed by atoms with Crippen LogP contribution in [-0.4, -0.2) is 6.61 Å². The first-order valence-corrected chi connectivity index (χ1v) is 6.43. The van der Waals surface area contributed by atoms with Crippen molar-refractivity contribution in [3.8, 4) is 5.75 Å². The van der Waals surface area contributed by atoms with Gasteiger partial charge in [-0.2, -0.15) is 0 Å². The van der Waals surface area contributed by atoms with Gasteiger partial charge < -0.3 is 4.74 Å². The fourth-order valence-corrected chi connectivity index (χ4v) is 1.80. The van der Waals surface area contributed by atoms with Gasteiger partial charge in [0.05, 0.1) is 6.61 Å². The number of hydrogen-bond donors (Lipinski definition) is 0. The molecule has 0 aliphatic heterocycles. The first kappa shape index (κ1) is 12.6. The van der Waals surface area contributed by atoms with E-state index in [1.165, 1.54) is 24.8 Å². The molecule has 84 valence electrons. The van der Waals surface area contributed by atoms with Gasteiger partial charge in [-0.25, -0.2) is 0 Å². The Morgan fingerprint density at radius 2 is 2.00 bits per heavy atom. The minimum Gasteiger partial charge on any atom is -0.493 e. The van der Waals surface area contributed by atoms with E-state index in [4.69, 9.17) is 4.74 Å². The minimum absolute atomic E-state index is 0.831. The Hall–Kier alpha value is -0.500. The van der Waals surface area contributed by atoms with Gasteiger partial charge in [0.1, 0.15) is 5.75 Å². The average Bonchev–Trinajstić information content (AvgIpc) is 2.24. The molecule has 0 heterocycles. The van der Waals surface area contributed by atoms with Gasteiger partial charge in [-0.3, -0.25) is 0 Å². The molecular formula is C13H19BrO. The van der Waals surface area contributed by atoms with Crippen LogP contribution in [0.1, 0.15) is 38.2 Å². The van der Waals surface area contributed by atoms with E-state index >= 15 is 0 Å². The van der Waals surface area contributed by atoms with Crippen LogP contribution in [0.25, 0.3) is 0 Å². The van der Waals surface area contributed by atoms with E-state index in [-0.39, 0.29) is 0 Å². The summed E-state index contributed by atoms with van der Waals surface area (Å²) in [4.78, 5) is 0. The quantitative estimate of drug-likeness (QED) is 0.680. The van der Waals surface area contributed by atoms with Crippen LogP contribution in [0, 0.1) is 6.92 Å². The smallest absolute Gasteiger partial charge is 0.123 e. The maximum atomic E-state index is 5.73. The highest BCUT2D eigenvalue weighted by atomic mass is 79.9. The van der Waals surface area contributed by atoms with Crippen molar-refractivity contribution in [2.45, 2.75) is 39.5 Å². The zero-order valence-corrected chi connectivity index (χ0v) is 11.1. The van der Waals surface area contributed by atoms with Gasteiger partial charge in [-0.05, 0) is 25.5 Å². The molecule has 0 aliphatic rings. The molecule has 2 heteroatoms. The molecule has 15 heavy (non-hydrogen) atoms. The summed E-state index contributed by atoms with van der Waals surface area (Å²) in [5, 5.41) is 0. The lowest BCUT2D eigenvalue weighted by Crippen LogP contribution is -1.98. The summed E-state index contributed by atoms with van der Waals surface area (Å²) in [6, 6.07) is 6.08. The number of unbranched alkanes of at least 4 members (excludes halogenated alkanes) is 3. The number of benzene rings is 1. The standard InChI is InChI=1S/C13H19BrO/c1-3-4-5-6-10-15-13-9-7-8-12(14)11(13)2/h7-9H,3-6,10H2,1-2H3. The lowest BCUT2D eigenvalue weighted by Gasteiger charge is -2.09. The third-order valence-electron chi connectivity index (χ3n) is 2.47. The maximum Gasteiger partial charge on any atom is 0.123 e. The Balaban J connectivity index is 2.34. The molecule has 0 amide bonds. The third-order valence-corrected chi connectivity index (χ3v) is 3.33. The molecule has 0 aromatic heterocycles. The van der Waals surface area contributed by atoms with Crippen LogP contribution < -0.4 is 4.74 Å². The van der Waals surface area contributed by atoms with Crippen molar-refractivity contribution in [3.05, 3.63) is 28.2 Å². The first-order chi connectivity index (χ1) is 7.25. The van der Waals surface area contributed by atoms with E-state index in [1.54, 1.807) is 0 Å². The van der Waals surface area contributed by atoms with Crippen LogP contribution in [0.3, 0.4) is 0 Å². The fourth-order valence-electron chi connectivity index (χ4n) is 1.46. The number of ether oxygens (including phenoxy) is 1. The molecule has 0 aliphatic carbocycles. The molecule has 0 spiro atoms. The number of rotatable bonds is 6. The molecule has 0 unspecified atom stereocenters. The molecule has 0 saturated heterocycles. The van der Waals surface area contributed by atoms with E-state index in [9.17, 15) is 0 Å². The van der Waals surface area contributed by atoms with E-state index in [1.807, 2.05) is 18.2 Å². The van der Waals surface area contributed by atoms with Crippen molar-refractivity contribution >= 4 is 15.9 Å². The van der Waals surface area contributed by atoms with Gasteiger partial charge in [0.25, 0.3) is 0 Å². The lowest BCUT2D eigenvalue weighted by molar-refractivity contribution is 0.303. The SMILES string of the molecule is CCCCCCOc1cccc(Br)c1C. The highest BCUT2D eigenvalue weighted by molar-refractivity contribution is 9.10. The Bertz CT molecular complexity index is 297. The van der Waals surface area contributed by atoms with Gasteiger partial charge in [-0.1, -0.05) is 48.2 Å². The topological polar surface area (TPSA) is 9.23 Å². The summed E-state index contributed by atoms with van der Waals surface area (Å²) in [6.45, 7) is 5.13. The maximum absolute atomic E-state index is 5.73. The average molecular weight is 271 g/mol. The summed E-state index contributed by atoms with van der Waals surface area (Å²) in [5.74, 6) is 1.00. The van der Waals surface area contributed by atoms with Crippen LogP contribution in [0.5, 0.6) is 5.75 Å². The van der Waals surface area contributed by atoms with Crippen LogP contribution in [0.4, 0.5) is 0 Å². The predicted molar refractivity (Wildman–Crippen MR) is 68.5 cm³/mol. The van der Waals surface area contributed by atoms with Gasteiger partial charge in [0.15, 0.2) is 0 Å². The summed E-state index contributed by atoms with van der Waals surface area (Å²) in [5.41, 5.74) is 1.19. The lowest BCUT2D eigenvalue weighted by atomic mass is 10.2. The molecule has 0 bridgehead atoms. The molecule has 1 aromatic rings. The number of hydrogen-bond acceptors (Lipinski definition) is 1. The highest BCUT2D eigenvalue weighted by Crippen LogP contribution is 2.25. The van der Waals surface area contributed by atoms with Crippen molar-refractivity contribution in [3.63, 3.8) is 0 Å². The molecule has 0 saturated carbocycles. The highest BCUT2D eigenvalue weighted by Gasteiger charge is 2.01. The second-order valence-electron chi connectivity index (χ2n) is 3.77. The Morgan fingerprint density at radius 1 is 1.20 bits per heavy atom. The van der Waals surface area contributed by atoms with Gasteiger partial charge in [0.2, 0.25) is 0 Å². The largest absolute Gasteiger partial charge is 0.493 e. The summed E-state index contributed by atoms with van der Waals surface area (Å²) < 4.78 is 6.85. The van der Waals surface area contributed by atoms with Crippen molar-refractivity contribution in [1.82, 2.24) is 0 Å². The Morgan fingerprint density at radius 3 is 2.73 bits per heavy atom. The summed E-state index contributed by atoms with van der Waals surface area (Å²) >= 11 is 3.50. The van der Waals surface area contributed by atoms with Gasteiger partial charge in [-0.15, -0.1) is 0 Å². The summed E-state index contributed by atoms with van der Waals surface area (Å²) in [6.07, 6.45) is 5.00. The minimum atomic E-state index is 0.831. The molecule has 0 radical (unpaired) electrons. The van der Waals surface area contributed by atoms with Crippen molar-refractivity contribution in [2.75, 3.05) is 6.61 Å². The van der Waals surface area contributed by atoms with Crippen molar-refractivity contribution < 1.29 is 4.74 Å². The summed E-state index contributed by atoms with van der Waals surface area (Å²) in [7, 11) is 0. The van der Waals surface area contributed by atoms with Crippen LogP contribution >= 0.6 is 15.9 Å².